The maximum Gasteiger partial charge on any atom is 0.132 e. The maximum absolute atomic E-state index is 6.53. The van der Waals surface area contributed by atoms with Gasteiger partial charge in [-0.2, -0.15) is 0 Å². The van der Waals surface area contributed by atoms with Crippen LogP contribution >= 0.6 is 0 Å². The smallest absolute Gasteiger partial charge is 0.132 e. The van der Waals surface area contributed by atoms with E-state index < -0.39 is 5.41 Å². The first kappa shape index (κ1) is 30.4. The predicted molar refractivity (Wildman–Crippen MR) is 210 cm³/mol. The van der Waals surface area contributed by atoms with Crippen LogP contribution in [-0.2, 0) is 5.41 Å². The molecule has 1 aliphatic heterocycles. The summed E-state index contributed by atoms with van der Waals surface area (Å²) in [5.41, 5.74) is 12.1. The van der Waals surface area contributed by atoms with E-state index in [1.807, 2.05) is 0 Å². The quantitative estimate of drug-likeness (QED) is 0.170. The van der Waals surface area contributed by atoms with Crippen LogP contribution < -0.4 is 9.64 Å². The molecule has 242 valence electrons. The number of anilines is 3. The van der Waals surface area contributed by atoms with Gasteiger partial charge in [0.25, 0.3) is 0 Å². The second-order valence-electron chi connectivity index (χ2n) is 12.9. The van der Waals surface area contributed by atoms with Gasteiger partial charge in [0.05, 0.1) is 5.41 Å². The zero-order valence-corrected chi connectivity index (χ0v) is 28.1. The van der Waals surface area contributed by atoms with E-state index in [9.17, 15) is 0 Å². The highest BCUT2D eigenvalue weighted by Crippen LogP contribution is 2.55. The molecular formula is C49H35NO. The highest BCUT2D eigenvalue weighted by atomic mass is 16.5. The van der Waals surface area contributed by atoms with Gasteiger partial charge in [-0.25, -0.2) is 0 Å². The Balaban J connectivity index is 1.21. The molecule has 0 aliphatic carbocycles. The molecular weight excluding hydrogens is 619 g/mol. The number of benzene rings is 8. The van der Waals surface area contributed by atoms with Crippen LogP contribution in [0.4, 0.5) is 17.1 Å². The van der Waals surface area contributed by atoms with Crippen LogP contribution in [0.25, 0.3) is 22.3 Å². The number of hydrogen-bond donors (Lipinski definition) is 0. The molecule has 51 heavy (non-hydrogen) atoms. The Hall–Kier alpha value is -6.64. The topological polar surface area (TPSA) is 12.5 Å². The molecule has 0 aromatic heterocycles. The largest absolute Gasteiger partial charge is 0.457 e. The van der Waals surface area contributed by atoms with Gasteiger partial charge < -0.3 is 9.64 Å². The van der Waals surface area contributed by atoms with Crippen LogP contribution in [-0.4, -0.2) is 0 Å². The fraction of sp³-hybridized carbons (Fsp3) is 0.0204. The molecule has 8 aromatic rings. The molecule has 1 heterocycles. The zero-order chi connectivity index (χ0) is 34.0. The first-order valence-corrected chi connectivity index (χ1v) is 17.4. The highest BCUT2D eigenvalue weighted by molar-refractivity contribution is 5.82. The third-order valence-corrected chi connectivity index (χ3v) is 10.0. The van der Waals surface area contributed by atoms with Gasteiger partial charge in [0.15, 0.2) is 0 Å². The minimum atomic E-state index is -0.569. The van der Waals surface area contributed by atoms with Gasteiger partial charge in [-0.3, -0.25) is 0 Å². The Morgan fingerprint density at radius 2 is 0.745 bits per heavy atom. The van der Waals surface area contributed by atoms with Gasteiger partial charge in [0, 0.05) is 28.2 Å². The lowest BCUT2D eigenvalue weighted by atomic mass is 9.63. The summed E-state index contributed by atoms with van der Waals surface area (Å²) in [7, 11) is 0. The Morgan fingerprint density at radius 1 is 0.314 bits per heavy atom. The van der Waals surface area contributed by atoms with Crippen LogP contribution in [0.15, 0.2) is 212 Å². The molecule has 9 rings (SSSR count). The van der Waals surface area contributed by atoms with Gasteiger partial charge in [-0.05, 0) is 81.9 Å². The average molecular weight is 654 g/mol. The van der Waals surface area contributed by atoms with Gasteiger partial charge >= 0.3 is 0 Å². The van der Waals surface area contributed by atoms with E-state index in [2.05, 4.69) is 217 Å². The van der Waals surface area contributed by atoms with E-state index in [4.69, 9.17) is 4.74 Å². The maximum atomic E-state index is 6.53. The lowest BCUT2D eigenvalue weighted by molar-refractivity contribution is 0.434. The van der Waals surface area contributed by atoms with Crippen molar-refractivity contribution in [1.82, 2.24) is 0 Å². The molecule has 1 aliphatic rings. The average Bonchev–Trinajstić information content (AvgIpc) is 3.22. The van der Waals surface area contributed by atoms with Crippen LogP contribution in [0.2, 0.25) is 0 Å². The number of ether oxygens (including phenoxy) is 1. The minimum Gasteiger partial charge on any atom is -0.457 e. The molecule has 8 aromatic carbocycles. The molecule has 0 fully saturated rings. The number of para-hydroxylation sites is 2. The van der Waals surface area contributed by atoms with Crippen LogP contribution in [0.5, 0.6) is 11.5 Å². The van der Waals surface area contributed by atoms with E-state index in [-0.39, 0.29) is 0 Å². The van der Waals surface area contributed by atoms with Crippen LogP contribution in [0.1, 0.15) is 22.3 Å². The second kappa shape index (κ2) is 13.0. The molecule has 2 nitrogen and oxygen atoms in total. The molecule has 0 N–H and O–H groups in total. The lowest BCUT2D eigenvalue weighted by Gasteiger charge is -2.41. The summed E-state index contributed by atoms with van der Waals surface area (Å²) in [6, 6.07) is 75.7. The van der Waals surface area contributed by atoms with Crippen molar-refractivity contribution in [2.24, 2.45) is 0 Å². The summed E-state index contributed by atoms with van der Waals surface area (Å²) in [6.45, 7) is 0. The highest BCUT2D eigenvalue weighted by Gasteiger charge is 2.45. The Labute approximate surface area is 299 Å². The second-order valence-corrected chi connectivity index (χ2v) is 12.9. The summed E-state index contributed by atoms with van der Waals surface area (Å²) in [4.78, 5) is 2.35. The van der Waals surface area contributed by atoms with Crippen molar-refractivity contribution in [3.63, 3.8) is 0 Å². The molecule has 0 saturated heterocycles. The Morgan fingerprint density at radius 3 is 1.33 bits per heavy atom. The number of hydrogen-bond acceptors (Lipinski definition) is 2. The third kappa shape index (κ3) is 5.39. The minimum absolute atomic E-state index is 0.569. The summed E-state index contributed by atoms with van der Waals surface area (Å²) in [5, 5.41) is 0. The monoisotopic (exact) mass is 653 g/mol. The normalized spacial score (nSPS) is 12.6. The van der Waals surface area contributed by atoms with Crippen LogP contribution in [0.3, 0.4) is 0 Å². The standard InChI is InChI=1S/C49H35NO/c1-4-15-36(16-5-1)38-27-31-42(32-28-38)50(44-22-14-19-39(35-44)37-17-6-2-7-18-37)43-33-29-41(30-34-43)49(40-20-8-3-9-21-40)45-23-10-12-25-47(45)51-48-26-13-11-24-46(48)49/h1-35H. The van der Waals surface area contributed by atoms with E-state index in [1.54, 1.807) is 0 Å². The Kier molecular flexibility index (Phi) is 7.75. The van der Waals surface area contributed by atoms with Crippen molar-refractivity contribution < 1.29 is 4.74 Å². The number of nitrogens with zero attached hydrogens (tertiary/aromatic N) is 1. The fourth-order valence-electron chi connectivity index (χ4n) is 7.67. The van der Waals surface area contributed by atoms with E-state index >= 15 is 0 Å². The van der Waals surface area contributed by atoms with Gasteiger partial charge in [0.2, 0.25) is 0 Å². The number of fused-ring (bicyclic) bond motifs is 2. The third-order valence-electron chi connectivity index (χ3n) is 10.0. The fourth-order valence-corrected chi connectivity index (χ4v) is 7.67. The van der Waals surface area contributed by atoms with Crippen molar-refractivity contribution in [3.8, 4) is 33.8 Å². The number of rotatable bonds is 7. The lowest BCUT2D eigenvalue weighted by Crippen LogP contribution is -2.34. The molecule has 0 amide bonds. The van der Waals surface area contributed by atoms with Crippen molar-refractivity contribution in [2.75, 3.05) is 4.90 Å². The SMILES string of the molecule is c1ccc(-c2ccc(N(c3ccc(C4(c5ccccc5)c5ccccc5Oc5ccccc54)cc3)c3cccc(-c4ccccc4)c3)cc2)cc1. The molecule has 0 saturated carbocycles. The van der Waals surface area contributed by atoms with Crippen LogP contribution in [0, 0.1) is 0 Å². The predicted octanol–water partition coefficient (Wildman–Crippen LogP) is 13.0. The van der Waals surface area contributed by atoms with Gasteiger partial charge in [0.1, 0.15) is 11.5 Å². The molecule has 0 spiro atoms. The summed E-state index contributed by atoms with van der Waals surface area (Å²) < 4.78 is 6.53. The summed E-state index contributed by atoms with van der Waals surface area (Å²) in [5.74, 6) is 1.75. The molecule has 0 radical (unpaired) electrons. The first-order valence-electron chi connectivity index (χ1n) is 17.4. The summed E-state index contributed by atoms with van der Waals surface area (Å²) in [6.07, 6.45) is 0. The van der Waals surface area contributed by atoms with Crippen molar-refractivity contribution >= 4 is 17.1 Å². The van der Waals surface area contributed by atoms with E-state index in [1.165, 1.54) is 33.4 Å². The molecule has 0 atom stereocenters. The van der Waals surface area contributed by atoms with Crippen molar-refractivity contribution in [3.05, 3.63) is 235 Å². The van der Waals surface area contributed by atoms with Gasteiger partial charge in [-0.1, -0.05) is 164 Å². The van der Waals surface area contributed by atoms with E-state index in [0.717, 1.165) is 39.7 Å². The Bertz CT molecular complexity index is 2370. The molecule has 2 heteroatoms. The van der Waals surface area contributed by atoms with E-state index in [0.29, 0.717) is 0 Å². The first-order chi connectivity index (χ1) is 25.3. The molecule has 0 unspecified atom stereocenters. The van der Waals surface area contributed by atoms with Crippen molar-refractivity contribution in [1.29, 1.82) is 0 Å². The van der Waals surface area contributed by atoms with Crippen molar-refractivity contribution in [2.45, 2.75) is 5.41 Å². The molecule has 0 bridgehead atoms. The summed E-state index contributed by atoms with van der Waals surface area (Å²) >= 11 is 0. The zero-order valence-electron chi connectivity index (χ0n) is 28.1. The van der Waals surface area contributed by atoms with Gasteiger partial charge in [-0.15, -0.1) is 0 Å².